The molecule has 2 aromatic rings. The molecule has 0 spiro atoms. The minimum absolute atomic E-state index is 0.0143. The average Bonchev–Trinajstić information content (AvgIpc) is 2.68. The van der Waals surface area contributed by atoms with Gasteiger partial charge in [0.2, 0.25) is 5.43 Å². The number of halogens is 1. The van der Waals surface area contributed by atoms with E-state index in [0.29, 0.717) is 30.8 Å². The van der Waals surface area contributed by atoms with Crippen molar-refractivity contribution in [2.24, 2.45) is 0 Å². The number of carbonyl (C=O) groups excluding carboxylic acids is 1. The summed E-state index contributed by atoms with van der Waals surface area (Å²) in [4.78, 5) is 27.0. The molecule has 1 N–H and O–H groups in total. The molecule has 7 heteroatoms. The van der Waals surface area contributed by atoms with Crippen LogP contribution in [0.2, 0.25) is 0 Å². The number of anilines is 1. The summed E-state index contributed by atoms with van der Waals surface area (Å²) in [6, 6.07) is 2.96. The zero-order valence-electron chi connectivity index (χ0n) is 15.5. The summed E-state index contributed by atoms with van der Waals surface area (Å²) in [5, 5.41) is 3.43. The van der Waals surface area contributed by atoms with Crippen LogP contribution < -0.4 is 15.6 Å². The molecule has 0 aliphatic carbocycles. The first-order chi connectivity index (χ1) is 13.1. The van der Waals surface area contributed by atoms with Crippen LogP contribution in [0.4, 0.5) is 10.1 Å². The lowest BCUT2D eigenvalue weighted by Gasteiger charge is -2.30. The van der Waals surface area contributed by atoms with Crippen LogP contribution in [-0.2, 0) is 11.3 Å². The van der Waals surface area contributed by atoms with E-state index in [-0.39, 0.29) is 17.6 Å². The third-order valence-electron chi connectivity index (χ3n) is 4.62. The molecule has 1 fully saturated rings. The van der Waals surface area contributed by atoms with Crippen molar-refractivity contribution in [1.82, 2.24) is 9.88 Å². The molecule has 1 saturated heterocycles. The monoisotopic (exact) mass is 373 g/mol. The highest BCUT2D eigenvalue weighted by Gasteiger charge is 2.21. The molecule has 1 aromatic heterocycles. The number of esters is 1. The lowest BCUT2D eigenvalue weighted by atomic mass is 10.1. The van der Waals surface area contributed by atoms with Gasteiger partial charge in [0, 0.05) is 44.3 Å². The average molecular weight is 373 g/mol. The molecule has 3 rings (SSSR count). The maximum absolute atomic E-state index is 14.8. The van der Waals surface area contributed by atoms with Gasteiger partial charge in [-0.05, 0) is 18.6 Å². The standard InChI is InChI=1S/C20H24FN3O3/c1-3-7-24-13-15(20(26)27-10-4-2)19(25)14-11-16(21)18(12-17(14)24)23-8-5-22-6-9-23/h4,11-13,22H,2-3,5-10H2,1H3. The summed E-state index contributed by atoms with van der Waals surface area (Å²) in [6.07, 6.45) is 3.75. The van der Waals surface area contributed by atoms with Crippen LogP contribution in [0, 0.1) is 5.82 Å². The second-order valence-corrected chi connectivity index (χ2v) is 6.51. The first kappa shape index (κ1) is 19.1. The van der Waals surface area contributed by atoms with Crippen molar-refractivity contribution in [1.29, 1.82) is 0 Å². The molecule has 0 atom stereocenters. The number of hydrogen-bond donors (Lipinski definition) is 1. The fourth-order valence-corrected chi connectivity index (χ4v) is 3.33. The Morgan fingerprint density at radius 3 is 2.78 bits per heavy atom. The second-order valence-electron chi connectivity index (χ2n) is 6.51. The van der Waals surface area contributed by atoms with Gasteiger partial charge in [0.15, 0.2) is 0 Å². The fraction of sp³-hybridized carbons (Fsp3) is 0.400. The lowest BCUT2D eigenvalue weighted by Crippen LogP contribution is -2.43. The minimum atomic E-state index is -0.724. The molecule has 0 amide bonds. The predicted octanol–water partition coefficient (Wildman–Crippen LogP) is 2.30. The normalized spacial score (nSPS) is 14.4. The molecule has 27 heavy (non-hydrogen) atoms. The number of aryl methyl sites for hydroxylation is 1. The number of nitrogens with one attached hydrogen (secondary N) is 1. The molecule has 0 bridgehead atoms. The first-order valence-corrected chi connectivity index (χ1v) is 9.17. The Morgan fingerprint density at radius 2 is 2.11 bits per heavy atom. The van der Waals surface area contributed by atoms with Crippen molar-refractivity contribution < 1.29 is 13.9 Å². The number of ether oxygens (including phenoxy) is 1. The van der Waals surface area contributed by atoms with Crippen LogP contribution in [0.1, 0.15) is 23.7 Å². The number of nitrogens with zero attached hydrogens (tertiary/aromatic N) is 2. The Bertz CT molecular complexity index is 917. The third-order valence-corrected chi connectivity index (χ3v) is 4.62. The SMILES string of the molecule is C=CCOC(=O)c1cn(CCC)c2cc(N3CCNCC3)c(F)cc2c1=O. The van der Waals surface area contributed by atoms with Crippen LogP contribution in [0.5, 0.6) is 0 Å². The van der Waals surface area contributed by atoms with Crippen LogP contribution >= 0.6 is 0 Å². The van der Waals surface area contributed by atoms with Crippen LogP contribution in [0.3, 0.4) is 0 Å². The Balaban J connectivity index is 2.15. The quantitative estimate of drug-likeness (QED) is 0.622. The zero-order valence-corrected chi connectivity index (χ0v) is 15.5. The summed E-state index contributed by atoms with van der Waals surface area (Å²) >= 11 is 0. The molecular formula is C20H24FN3O3. The van der Waals surface area contributed by atoms with Gasteiger partial charge in [-0.1, -0.05) is 19.6 Å². The molecule has 0 radical (unpaired) electrons. The number of fused-ring (bicyclic) bond motifs is 1. The minimum Gasteiger partial charge on any atom is -0.458 e. The van der Waals surface area contributed by atoms with Crippen LogP contribution in [0.15, 0.2) is 35.8 Å². The van der Waals surface area contributed by atoms with Gasteiger partial charge < -0.3 is 19.5 Å². The number of piperazine rings is 1. The van der Waals surface area contributed by atoms with E-state index in [1.54, 1.807) is 6.07 Å². The number of rotatable bonds is 6. The highest BCUT2D eigenvalue weighted by molar-refractivity contribution is 5.94. The van der Waals surface area contributed by atoms with Crippen molar-refractivity contribution in [3.05, 3.63) is 52.6 Å². The number of carbonyl (C=O) groups is 1. The molecule has 6 nitrogen and oxygen atoms in total. The first-order valence-electron chi connectivity index (χ1n) is 9.17. The Morgan fingerprint density at radius 1 is 1.37 bits per heavy atom. The highest BCUT2D eigenvalue weighted by Crippen LogP contribution is 2.26. The molecular weight excluding hydrogens is 349 g/mol. The summed E-state index contributed by atoms with van der Waals surface area (Å²) in [7, 11) is 0. The summed E-state index contributed by atoms with van der Waals surface area (Å²) in [6.45, 7) is 9.08. The predicted molar refractivity (Wildman–Crippen MR) is 104 cm³/mol. The largest absolute Gasteiger partial charge is 0.458 e. The van der Waals surface area contributed by atoms with E-state index in [2.05, 4.69) is 11.9 Å². The number of benzene rings is 1. The van der Waals surface area contributed by atoms with Gasteiger partial charge in [0.05, 0.1) is 11.2 Å². The summed E-state index contributed by atoms with van der Waals surface area (Å²) < 4.78 is 21.6. The molecule has 0 unspecified atom stereocenters. The van der Waals surface area contributed by atoms with E-state index in [9.17, 15) is 14.0 Å². The van der Waals surface area contributed by atoms with Gasteiger partial charge in [-0.3, -0.25) is 4.79 Å². The fourth-order valence-electron chi connectivity index (χ4n) is 3.33. The van der Waals surface area contributed by atoms with E-state index in [0.717, 1.165) is 19.5 Å². The molecule has 1 aliphatic rings. The lowest BCUT2D eigenvalue weighted by molar-refractivity contribution is 0.0547. The molecule has 1 aromatic carbocycles. The maximum Gasteiger partial charge on any atom is 0.343 e. The van der Waals surface area contributed by atoms with Crippen molar-refractivity contribution in [2.75, 3.05) is 37.7 Å². The second kappa shape index (κ2) is 8.35. The molecule has 0 saturated carbocycles. The Kier molecular flexibility index (Phi) is 5.91. The van der Waals surface area contributed by atoms with Gasteiger partial charge in [0.25, 0.3) is 0 Å². The van der Waals surface area contributed by atoms with Gasteiger partial charge in [-0.25, -0.2) is 9.18 Å². The van der Waals surface area contributed by atoms with Crippen LogP contribution in [-0.4, -0.2) is 43.3 Å². The van der Waals surface area contributed by atoms with Gasteiger partial charge >= 0.3 is 5.97 Å². The van der Waals surface area contributed by atoms with Gasteiger partial charge in [-0.2, -0.15) is 0 Å². The van der Waals surface area contributed by atoms with E-state index < -0.39 is 17.2 Å². The number of aromatic nitrogens is 1. The number of hydrogen-bond acceptors (Lipinski definition) is 5. The molecule has 2 heterocycles. The summed E-state index contributed by atoms with van der Waals surface area (Å²) in [5.41, 5.74) is 0.497. The van der Waals surface area contributed by atoms with Crippen molar-refractivity contribution in [3.63, 3.8) is 0 Å². The highest BCUT2D eigenvalue weighted by atomic mass is 19.1. The van der Waals surface area contributed by atoms with E-state index in [4.69, 9.17) is 4.74 Å². The maximum atomic E-state index is 14.8. The summed E-state index contributed by atoms with van der Waals surface area (Å²) in [5.74, 6) is -1.18. The molecule has 144 valence electrons. The third kappa shape index (κ3) is 3.88. The van der Waals surface area contributed by atoms with Gasteiger partial charge in [-0.15, -0.1) is 0 Å². The van der Waals surface area contributed by atoms with Crippen molar-refractivity contribution >= 4 is 22.6 Å². The molecule has 1 aliphatic heterocycles. The van der Waals surface area contributed by atoms with Gasteiger partial charge in [0.1, 0.15) is 18.0 Å². The zero-order chi connectivity index (χ0) is 19.4. The van der Waals surface area contributed by atoms with E-state index in [1.165, 1.54) is 18.3 Å². The number of pyridine rings is 1. The van der Waals surface area contributed by atoms with Crippen molar-refractivity contribution in [3.8, 4) is 0 Å². The van der Waals surface area contributed by atoms with E-state index in [1.807, 2.05) is 16.4 Å². The van der Waals surface area contributed by atoms with E-state index >= 15 is 0 Å². The smallest absolute Gasteiger partial charge is 0.343 e. The topological polar surface area (TPSA) is 63.6 Å². The Labute approximate surface area is 157 Å². The Hall–Kier alpha value is -2.67. The van der Waals surface area contributed by atoms with Crippen LogP contribution in [0.25, 0.3) is 10.9 Å². The van der Waals surface area contributed by atoms with Crippen molar-refractivity contribution in [2.45, 2.75) is 19.9 Å².